The van der Waals surface area contributed by atoms with Gasteiger partial charge in [-0.05, 0) is 149 Å². The highest BCUT2D eigenvalue weighted by Crippen LogP contribution is 2.43. The maximum absolute atomic E-state index is 14.2. The fourth-order valence-electron chi connectivity index (χ4n) is 9.98. The minimum atomic E-state index is -0.185. The van der Waals surface area contributed by atoms with Gasteiger partial charge in [0.25, 0.3) is 0 Å². The molecule has 320 valence electrons. The van der Waals surface area contributed by atoms with Crippen molar-refractivity contribution < 1.29 is 0 Å². The number of rotatable bonds is 21. The Balaban J connectivity index is 1.65. The SMILES string of the molecule is CC(C)CCC[C@H](C)CCc1cc2c(=O)ccc(=O)c2c2c1ccc1c(CC[C@@H](C)CCCC(C)C)cc3c(CC[C@@H](C)CCCC(C)C)cc4c(=O)ccc(=O)c4c3c12. The summed E-state index contributed by atoms with van der Waals surface area (Å²) in [6, 6.07) is 16.4. The smallest absolute Gasteiger partial charge is 0.187 e. The van der Waals surface area contributed by atoms with E-state index >= 15 is 0 Å². The monoisotopic (exact) mass is 809 g/mol. The molecule has 0 spiro atoms. The lowest BCUT2D eigenvalue weighted by Crippen LogP contribution is -2.12. The molecule has 0 saturated heterocycles. The van der Waals surface area contributed by atoms with Gasteiger partial charge in [-0.25, -0.2) is 0 Å². The number of hydrogen-bond donors (Lipinski definition) is 0. The maximum Gasteiger partial charge on any atom is 0.187 e. The molecule has 0 amide bonds. The Hall–Kier alpha value is -4.18. The molecule has 0 heterocycles. The third kappa shape index (κ3) is 10.5. The van der Waals surface area contributed by atoms with Crippen molar-refractivity contribution in [2.24, 2.45) is 35.5 Å². The summed E-state index contributed by atoms with van der Waals surface area (Å²) in [4.78, 5) is 56.1. The lowest BCUT2D eigenvalue weighted by Gasteiger charge is -2.21. The minimum absolute atomic E-state index is 0.159. The van der Waals surface area contributed by atoms with E-state index in [1.165, 1.54) is 74.8 Å². The minimum Gasteiger partial charge on any atom is -0.289 e. The van der Waals surface area contributed by atoms with Gasteiger partial charge in [0.05, 0.1) is 0 Å². The molecule has 0 aliphatic carbocycles. The molecule has 0 aliphatic rings. The summed E-state index contributed by atoms with van der Waals surface area (Å²) in [6.07, 6.45) is 16.2. The van der Waals surface area contributed by atoms with Gasteiger partial charge >= 0.3 is 0 Å². The van der Waals surface area contributed by atoms with Crippen molar-refractivity contribution in [2.75, 3.05) is 0 Å². The zero-order valence-electron chi connectivity index (χ0n) is 38.4. The first kappa shape index (κ1) is 45.3. The van der Waals surface area contributed by atoms with Crippen molar-refractivity contribution in [3.05, 3.63) is 112 Å². The van der Waals surface area contributed by atoms with Gasteiger partial charge in [0.2, 0.25) is 0 Å². The molecule has 0 fully saturated rings. The van der Waals surface area contributed by atoms with Crippen molar-refractivity contribution >= 4 is 53.9 Å². The van der Waals surface area contributed by atoms with Crippen molar-refractivity contribution in [2.45, 2.75) is 159 Å². The van der Waals surface area contributed by atoms with Crippen LogP contribution in [0.5, 0.6) is 0 Å². The topological polar surface area (TPSA) is 68.3 Å². The van der Waals surface area contributed by atoms with E-state index in [4.69, 9.17) is 0 Å². The van der Waals surface area contributed by atoms with E-state index < -0.39 is 0 Å². The number of fused-ring (bicyclic) bond motifs is 9. The van der Waals surface area contributed by atoms with Crippen molar-refractivity contribution in [3.63, 3.8) is 0 Å². The van der Waals surface area contributed by atoms with Gasteiger partial charge in [-0.2, -0.15) is 0 Å². The quantitative estimate of drug-likeness (QED) is 0.0679. The van der Waals surface area contributed by atoms with Gasteiger partial charge in [-0.1, -0.05) is 138 Å². The molecular formula is C56H72O4. The molecule has 60 heavy (non-hydrogen) atoms. The van der Waals surface area contributed by atoms with Crippen LogP contribution in [0.25, 0.3) is 53.9 Å². The Bertz CT molecular complexity index is 2580. The Morgan fingerprint density at radius 1 is 0.317 bits per heavy atom. The lowest BCUT2D eigenvalue weighted by molar-refractivity contribution is 0.437. The van der Waals surface area contributed by atoms with Crippen LogP contribution in [0.1, 0.15) is 156 Å². The van der Waals surface area contributed by atoms with Gasteiger partial charge in [0, 0.05) is 32.3 Å². The molecule has 0 bridgehead atoms. The lowest BCUT2D eigenvalue weighted by atomic mass is 9.82. The largest absolute Gasteiger partial charge is 0.289 e. The van der Waals surface area contributed by atoms with E-state index in [0.717, 1.165) is 94.8 Å². The average Bonchev–Trinajstić information content (AvgIpc) is 3.19. The van der Waals surface area contributed by atoms with E-state index in [-0.39, 0.29) is 21.7 Å². The highest BCUT2D eigenvalue weighted by molar-refractivity contribution is 6.33. The van der Waals surface area contributed by atoms with Crippen LogP contribution in [0, 0.1) is 35.5 Å². The second-order valence-electron chi connectivity index (χ2n) is 20.3. The van der Waals surface area contributed by atoms with Gasteiger partial charge in [0.15, 0.2) is 21.7 Å². The molecule has 0 unspecified atom stereocenters. The van der Waals surface area contributed by atoms with E-state index in [1.54, 1.807) is 0 Å². The van der Waals surface area contributed by atoms with Crippen molar-refractivity contribution in [3.8, 4) is 0 Å². The molecule has 0 aromatic heterocycles. The van der Waals surface area contributed by atoms with E-state index in [0.29, 0.717) is 57.1 Å². The summed E-state index contributed by atoms with van der Waals surface area (Å²) in [5, 5.41) is 7.13. The fourth-order valence-corrected chi connectivity index (χ4v) is 9.98. The molecular weight excluding hydrogens is 737 g/mol. The number of aryl methyl sites for hydroxylation is 3. The van der Waals surface area contributed by atoms with Crippen LogP contribution >= 0.6 is 0 Å². The van der Waals surface area contributed by atoms with E-state index in [9.17, 15) is 19.2 Å². The van der Waals surface area contributed by atoms with Crippen LogP contribution in [0.4, 0.5) is 0 Å². The number of hydrogen-bond acceptors (Lipinski definition) is 4. The van der Waals surface area contributed by atoms with Gasteiger partial charge in [-0.15, -0.1) is 0 Å². The molecule has 6 rings (SSSR count). The standard InChI is InChI=1S/C56H72O4/c1-34(2)13-10-16-37(7)19-22-40-31-45-42(24-21-39(9)18-12-15-36(5)6)33-47-49(58)28-30-51(60)53(47)56(45)55-44(40)26-25-43-41(23-20-38(8)17-11-14-35(3)4)32-46-48(57)27-29-50(59)52(46)54(43)55/h25-39H,10-24H2,1-9H3/t37-,38-,39-/m0/s1. The fraction of sp³-hybridized carbons (Fsp3) is 0.536. The molecule has 4 heteroatoms. The second-order valence-corrected chi connectivity index (χ2v) is 20.3. The Kier molecular flexibility index (Phi) is 15.2. The molecule has 0 aliphatic heterocycles. The molecule has 6 aromatic carbocycles. The third-order valence-corrected chi connectivity index (χ3v) is 13.7. The van der Waals surface area contributed by atoms with Crippen molar-refractivity contribution in [1.82, 2.24) is 0 Å². The zero-order valence-corrected chi connectivity index (χ0v) is 38.4. The summed E-state index contributed by atoms with van der Waals surface area (Å²) < 4.78 is 0. The third-order valence-electron chi connectivity index (χ3n) is 13.7. The first-order valence-electron chi connectivity index (χ1n) is 23.7. The van der Waals surface area contributed by atoms with Gasteiger partial charge in [-0.3, -0.25) is 19.2 Å². The van der Waals surface area contributed by atoms with E-state index in [2.05, 4.69) is 80.5 Å². The molecule has 0 saturated carbocycles. The molecule has 4 nitrogen and oxygen atoms in total. The number of benzene rings is 6. The summed E-state index contributed by atoms with van der Waals surface area (Å²) in [6.45, 7) is 20.7. The van der Waals surface area contributed by atoms with Crippen LogP contribution in [0.2, 0.25) is 0 Å². The first-order valence-corrected chi connectivity index (χ1v) is 23.7. The second kappa shape index (κ2) is 20.1. The molecule has 3 atom stereocenters. The molecule has 0 radical (unpaired) electrons. The zero-order chi connectivity index (χ0) is 43.2. The first-order chi connectivity index (χ1) is 28.6. The Morgan fingerprint density at radius 3 is 0.983 bits per heavy atom. The Labute approximate surface area is 358 Å². The van der Waals surface area contributed by atoms with Crippen molar-refractivity contribution in [1.29, 1.82) is 0 Å². The summed E-state index contributed by atoms with van der Waals surface area (Å²) in [5.41, 5.74) is 2.67. The predicted molar refractivity (Wildman–Crippen MR) is 260 cm³/mol. The van der Waals surface area contributed by atoms with Crippen LogP contribution in [0.3, 0.4) is 0 Å². The Morgan fingerprint density at radius 2 is 0.617 bits per heavy atom. The van der Waals surface area contributed by atoms with Gasteiger partial charge < -0.3 is 0 Å². The van der Waals surface area contributed by atoms with Gasteiger partial charge in [0.1, 0.15) is 0 Å². The normalized spacial score (nSPS) is 13.9. The van der Waals surface area contributed by atoms with Crippen LogP contribution in [-0.2, 0) is 19.3 Å². The van der Waals surface area contributed by atoms with Crippen LogP contribution in [0.15, 0.2) is 73.8 Å². The summed E-state index contributed by atoms with van der Waals surface area (Å²) in [7, 11) is 0. The summed E-state index contributed by atoms with van der Waals surface area (Å²) in [5.74, 6) is 3.62. The van der Waals surface area contributed by atoms with E-state index in [1.807, 2.05) is 12.1 Å². The summed E-state index contributed by atoms with van der Waals surface area (Å²) >= 11 is 0. The highest BCUT2D eigenvalue weighted by Gasteiger charge is 2.23. The maximum atomic E-state index is 14.2. The highest BCUT2D eigenvalue weighted by atomic mass is 16.1. The predicted octanol–water partition coefficient (Wildman–Crippen LogP) is 14.0. The van der Waals surface area contributed by atoms with Crippen LogP contribution in [-0.4, -0.2) is 0 Å². The molecule has 0 N–H and O–H groups in total. The average molecular weight is 809 g/mol. The van der Waals surface area contributed by atoms with Crippen LogP contribution < -0.4 is 21.7 Å². The molecule has 6 aromatic rings.